The van der Waals surface area contributed by atoms with E-state index in [0.717, 1.165) is 55.0 Å². The molecule has 0 spiro atoms. The van der Waals surface area contributed by atoms with Crippen LogP contribution in [-0.2, 0) is 29.1 Å². The molecular weight excluding hydrogens is 695 g/mol. The average Bonchev–Trinajstić information content (AvgIpc) is 3.20. The van der Waals surface area contributed by atoms with Crippen molar-refractivity contribution >= 4 is 23.6 Å². The molecule has 0 radical (unpaired) electrons. The lowest BCUT2D eigenvalue weighted by Crippen LogP contribution is -2.58. The van der Waals surface area contributed by atoms with Crippen molar-refractivity contribution in [2.45, 2.75) is 38.5 Å². The molecule has 1 N–H and O–H groups in total. The number of likely N-dealkylation sites (tertiary alicyclic amines) is 1. The second-order valence-corrected chi connectivity index (χ2v) is 14.1. The third kappa shape index (κ3) is 9.87. The summed E-state index contributed by atoms with van der Waals surface area (Å²) in [5.74, 6) is 0.312. The van der Waals surface area contributed by atoms with Gasteiger partial charge in [0, 0.05) is 49.9 Å². The van der Waals surface area contributed by atoms with E-state index in [2.05, 4.69) is 39.4 Å². The first kappa shape index (κ1) is 38.1. The molecule has 0 aliphatic carbocycles. The summed E-state index contributed by atoms with van der Waals surface area (Å²) in [5, 5.41) is 3.69. The third-order valence-electron chi connectivity index (χ3n) is 10.4. The Morgan fingerprint density at radius 1 is 0.849 bits per heavy atom. The van der Waals surface area contributed by atoms with Crippen LogP contribution in [0.5, 0.6) is 11.5 Å². The maximum absolute atomic E-state index is 14.9. The predicted molar refractivity (Wildman–Crippen MR) is 205 cm³/mol. The molecule has 6 rings (SSSR count). The summed E-state index contributed by atoms with van der Waals surface area (Å²) in [4.78, 5) is 33.7. The van der Waals surface area contributed by atoms with Crippen molar-refractivity contribution in [2.75, 3.05) is 60.0 Å². The minimum absolute atomic E-state index is 0.0535. The average molecular weight is 743 g/mol. The maximum atomic E-state index is 14.9. The van der Waals surface area contributed by atoms with E-state index in [9.17, 15) is 14.0 Å². The number of piperazine rings is 1. The van der Waals surface area contributed by atoms with Gasteiger partial charge in [0.1, 0.15) is 18.5 Å². The Kier molecular flexibility index (Phi) is 13.2. The number of hydrogen-bond donors (Lipinski definition) is 1. The lowest BCUT2D eigenvalue weighted by atomic mass is 9.88. The molecule has 0 saturated carbocycles. The number of amides is 2. The zero-order chi connectivity index (χ0) is 37.2. The van der Waals surface area contributed by atoms with Crippen molar-refractivity contribution in [3.05, 3.63) is 119 Å². The molecule has 4 aromatic rings. The van der Waals surface area contributed by atoms with Gasteiger partial charge in [-0.05, 0) is 84.8 Å². The van der Waals surface area contributed by atoms with E-state index in [4.69, 9.17) is 25.8 Å². The number of nitrogens with zero attached hydrogens (tertiary/aromatic N) is 3. The summed E-state index contributed by atoms with van der Waals surface area (Å²) in [6.45, 7) is 4.90. The third-order valence-corrected chi connectivity index (χ3v) is 10.6. The van der Waals surface area contributed by atoms with E-state index in [1.807, 2.05) is 59.5 Å². The summed E-state index contributed by atoms with van der Waals surface area (Å²) in [5.41, 5.74) is 4.84. The molecule has 0 unspecified atom stereocenters. The van der Waals surface area contributed by atoms with Gasteiger partial charge in [0.25, 0.3) is 0 Å². The van der Waals surface area contributed by atoms with E-state index >= 15 is 0 Å². The molecule has 2 aliphatic heterocycles. The summed E-state index contributed by atoms with van der Waals surface area (Å²) in [6, 6.07) is 28.1. The van der Waals surface area contributed by atoms with Crippen LogP contribution in [0.1, 0.15) is 29.5 Å². The number of hydrogen-bond acceptors (Lipinski definition) is 7. The highest BCUT2D eigenvalue weighted by atomic mass is 35.5. The molecule has 9 nitrogen and oxygen atoms in total. The van der Waals surface area contributed by atoms with E-state index in [0.29, 0.717) is 49.8 Å². The number of carbonyl (C=O) groups excluding carboxylic acids is 2. The zero-order valence-electron chi connectivity index (χ0n) is 30.4. The van der Waals surface area contributed by atoms with Crippen LogP contribution in [-0.4, -0.2) is 92.8 Å². The number of methoxy groups -OCH3 is 2. The van der Waals surface area contributed by atoms with Crippen LogP contribution < -0.4 is 14.8 Å². The van der Waals surface area contributed by atoms with Gasteiger partial charge in [-0.15, -0.1) is 0 Å². The van der Waals surface area contributed by atoms with Crippen LogP contribution in [0.25, 0.3) is 11.1 Å². The van der Waals surface area contributed by atoms with Gasteiger partial charge in [-0.1, -0.05) is 78.3 Å². The Morgan fingerprint density at radius 2 is 1.55 bits per heavy atom. The Labute approximate surface area is 316 Å². The molecule has 0 bridgehead atoms. The first-order valence-electron chi connectivity index (χ1n) is 18.3. The smallest absolute Gasteiger partial charge is 0.408 e. The van der Waals surface area contributed by atoms with Crippen molar-refractivity contribution in [3.63, 3.8) is 0 Å². The number of ether oxygens (including phenoxy) is 3. The molecule has 53 heavy (non-hydrogen) atoms. The van der Waals surface area contributed by atoms with E-state index in [-0.39, 0.29) is 24.2 Å². The molecule has 2 heterocycles. The molecule has 11 heteroatoms. The predicted octanol–water partition coefficient (Wildman–Crippen LogP) is 7.06. The first-order valence-corrected chi connectivity index (χ1v) is 18.6. The fourth-order valence-corrected chi connectivity index (χ4v) is 7.59. The fraction of sp³-hybridized carbons (Fsp3) is 0.381. The van der Waals surface area contributed by atoms with Crippen molar-refractivity contribution in [1.29, 1.82) is 0 Å². The summed E-state index contributed by atoms with van der Waals surface area (Å²) >= 11 is 6.42. The number of carbonyl (C=O) groups is 2. The Balaban J connectivity index is 1.09. The quantitative estimate of drug-likeness (QED) is 0.157. The van der Waals surface area contributed by atoms with Crippen LogP contribution in [0, 0.1) is 11.7 Å². The molecule has 2 amide bonds. The van der Waals surface area contributed by atoms with Gasteiger partial charge in [-0.2, -0.15) is 0 Å². The minimum atomic E-state index is -0.722. The van der Waals surface area contributed by atoms with Gasteiger partial charge in [-0.25, -0.2) is 9.18 Å². The monoisotopic (exact) mass is 742 g/mol. The van der Waals surface area contributed by atoms with Crippen LogP contribution in [0.4, 0.5) is 9.18 Å². The van der Waals surface area contributed by atoms with Crippen molar-refractivity contribution < 1.29 is 28.2 Å². The fourth-order valence-electron chi connectivity index (χ4n) is 7.39. The van der Waals surface area contributed by atoms with E-state index in [1.165, 1.54) is 31.4 Å². The number of nitrogens with one attached hydrogen (secondary N) is 1. The minimum Gasteiger partial charge on any atom is -0.493 e. The second kappa shape index (κ2) is 18.4. The van der Waals surface area contributed by atoms with Crippen molar-refractivity contribution in [1.82, 2.24) is 20.0 Å². The van der Waals surface area contributed by atoms with Gasteiger partial charge >= 0.3 is 6.09 Å². The molecule has 0 aromatic heterocycles. The Morgan fingerprint density at radius 3 is 2.23 bits per heavy atom. The second-order valence-electron chi connectivity index (χ2n) is 13.6. The lowest BCUT2D eigenvalue weighted by Gasteiger charge is -2.40. The standard InChI is InChI=1S/C42H48ClFN4O5/c1-51-38-16-15-37(44)36(40(38)52-2)28-47-23-25-48(26-24-47)41(49)39(45-42(50)53-29-30-9-5-3-6-10-30)32-17-20-46(21-18-32)22-19-33-27-34(43)13-14-35(33)31-11-7-4-8-12-31/h3-16,27,32,39H,17-26,28-29H2,1-2H3,(H,45,50)/t39-/m1/s1. The molecule has 2 aliphatic rings. The van der Waals surface area contributed by atoms with Gasteiger partial charge in [-0.3, -0.25) is 9.69 Å². The van der Waals surface area contributed by atoms with Crippen LogP contribution >= 0.6 is 11.6 Å². The first-order chi connectivity index (χ1) is 25.8. The van der Waals surface area contributed by atoms with Crippen LogP contribution in [0.15, 0.2) is 91.0 Å². The van der Waals surface area contributed by atoms with E-state index < -0.39 is 12.1 Å². The normalized spacial score (nSPS) is 16.2. The van der Waals surface area contributed by atoms with Crippen LogP contribution in [0.3, 0.4) is 0 Å². The Hall–Kier alpha value is -4.64. The number of alkyl carbamates (subject to hydrolysis) is 1. The molecule has 2 fully saturated rings. The van der Waals surface area contributed by atoms with Gasteiger partial charge in [0.15, 0.2) is 11.5 Å². The van der Waals surface area contributed by atoms with Crippen molar-refractivity contribution in [3.8, 4) is 22.6 Å². The molecule has 4 aromatic carbocycles. The highest BCUT2D eigenvalue weighted by Crippen LogP contribution is 2.34. The highest BCUT2D eigenvalue weighted by Gasteiger charge is 2.37. The van der Waals surface area contributed by atoms with Gasteiger partial charge in [0.2, 0.25) is 5.91 Å². The Bertz CT molecular complexity index is 1820. The number of halogens is 2. The SMILES string of the molecule is COc1ccc(F)c(CN2CCN(C(=O)[C@H](NC(=O)OCc3ccccc3)C3CCN(CCc4cc(Cl)ccc4-c4ccccc4)CC3)CC2)c1OC. The summed E-state index contributed by atoms with van der Waals surface area (Å²) in [6.07, 6.45) is 1.75. The molecule has 1 atom stereocenters. The van der Waals surface area contributed by atoms with Crippen molar-refractivity contribution in [2.24, 2.45) is 5.92 Å². The van der Waals surface area contributed by atoms with E-state index in [1.54, 1.807) is 6.07 Å². The highest BCUT2D eigenvalue weighted by molar-refractivity contribution is 6.30. The molecule has 280 valence electrons. The zero-order valence-corrected chi connectivity index (χ0v) is 31.2. The maximum Gasteiger partial charge on any atom is 0.408 e. The molecular formula is C42H48ClFN4O5. The number of benzene rings is 4. The number of rotatable bonds is 13. The largest absolute Gasteiger partial charge is 0.493 e. The molecule has 2 saturated heterocycles. The lowest BCUT2D eigenvalue weighted by molar-refractivity contribution is -0.137. The van der Waals surface area contributed by atoms with Gasteiger partial charge in [0.05, 0.1) is 14.2 Å². The summed E-state index contributed by atoms with van der Waals surface area (Å²) in [7, 11) is 3.03. The van der Waals surface area contributed by atoms with Crippen LogP contribution in [0.2, 0.25) is 5.02 Å². The number of piperidine rings is 1. The summed E-state index contributed by atoms with van der Waals surface area (Å²) < 4.78 is 31.3. The van der Waals surface area contributed by atoms with Gasteiger partial charge < -0.3 is 29.3 Å². The topological polar surface area (TPSA) is 83.6 Å².